The van der Waals surface area contributed by atoms with Gasteiger partial charge in [0, 0.05) is 6.42 Å². The zero-order chi connectivity index (χ0) is 17.5. The zero-order valence-corrected chi connectivity index (χ0v) is 12.8. The summed E-state index contributed by atoms with van der Waals surface area (Å²) in [6.45, 7) is 0.604. The van der Waals surface area contributed by atoms with Crippen LogP contribution in [-0.2, 0) is 9.59 Å². The molecule has 130 valence electrons. The van der Waals surface area contributed by atoms with E-state index in [2.05, 4.69) is 0 Å². The minimum absolute atomic E-state index is 0.138. The first-order valence-corrected chi connectivity index (χ1v) is 7.22. The van der Waals surface area contributed by atoms with Gasteiger partial charge in [0.2, 0.25) is 0 Å². The maximum Gasteiger partial charge on any atom is 0.320 e. The van der Waals surface area contributed by atoms with E-state index < -0.39 is 24.0 Å². The maximum absolute atomic E-state index is 10.2. The largest absolute Gasteiger partial charge is 0.480 e. The van der Waals surface area contributed by atoms with Crippen LogP contribution in [0.5, 0.6) is 0 Å². The van der Waals surface area contributed by atoms with Gasteiger partial charge in [0.05, 0.1) is 5.84 Å². The lowest BCUT2D eigenvalue weighted by Crippen LogP contribution is -2.29. The molecule has 0 spiro atoms. The van der Waals surface area contributed by atoms with Crippen LogP contribution in [0.15, 0.2) is 0 Å². The molecular formula is C13H29N5O4. The predicted octanol–water partition coefficient (Wildman–Crippen LogP) is -0.578. The minimum atomic E-state index is -0.974. The van der Waals surface area contributed by atoms with Gasteiger partial charge in [0.1, 0.15) is 12.1 Å². The number of amidine groups is 1. The SMILES string of the molecule is N=C(N)CCCC[C@H](N)C(=O)O.NCCCC[C@H](N)C(=O)O. The minimum Gasteiger partial charge on any atom is -0.480 e. The Kier molecular flexibility index (Phi) is 14.6. The summed E-state index contributed by atoms with van der Waals surface area (Å²) in [5, 5.41) is 23.6. The van der Waals surface area contributed by atoms with Gasteiger partial charge in [-0.25, -0.2) is 0 Å². The molecule has 0 aromatic rings. The molecule has 0 saturated carbocycles. The van der Waals surface area contributed by atoms with Crippen LogP contribution in [0.1, 0.15) is 44.9 Å². The molecule has 0 heterocycles. The van der Waals surface area contributed by atoms with Crippen LogP contribution in [0, 0.1) is 5.41 Å². The number of hydrogen-bond acceptors (Lipinski definition) is 6. The van der Waals surface area contributed by atoms with Crippen molar-refractivity contribution in [1.29, 1.82) is 5.41 Å². The molecule has 0 saturated heterocycles. The van der Waals surface area contributed by atoms with Crippen molar-refractivity contribution in [3.63, 3.8) is 0 Å². The van der Waals surface area contributed by atoms with E-state index in [0.29, 0.717) is 32.2 Å². The topological polar surface area (TPSA) is 203 Å². The summed E-state index contributed by atoms with van der Waals surface area (Å²) >= 11 is 0. The number of rotatable bonds is 11. The highest BCUT2D eigenvalue weighted by molar-refractivity contribution is 5.76. The second-order valence-electron chi connectivity index (χ2n) is 4.94. The number of hydrogen-bond donors (Lipinski definition) is 7. The molecule has 0 fully saturated rings. The standard InChI is InChI=1S/C7H15N3O2.C6H14N2O2/c8-5(7(11)12)3-1-2-4-6(9)10;7-4-2-1-3-5(8)6(9)10/h5H,1-4,8H2,(H3,9,10)(H,11,12);5H,1-4,7-8H2,(H,9,10)/t2*5-/m00/s1. The first-order valence-electron chi connectivity index (χ1n) is 7.22. The summed E-state index contributed by atoms with van der Waals surface area (Å²) in [5.74, 6) is -1.77. The van der Waals surface area contributed by atoms with E-state index in [4.69, 9.17) is 38.6 Å². The fourth-order valence-corrected chi connectivity index (χ4v) is 1.44. The van der Waals surface area contributed by atoms with Gasteiger partial charge in [-0.2, -0.15) is 0 Å². The van der Waals surface area contributed by atoms with Gasteiger partial charge in [-0.05, 0) is 32.2 Å². The van der Waals surface area contributed by atoms with Crippen LogP contribution in [0.25, 0.3) is 0 Å². The third-order valence-corrected chi connectivity index (χ3v) is 2.81. The molecule has 0 unspecified atom stereocenters. The molecule has 0 aromatic carbocycles. The molecule has 0 aromatic heterocycles. The third-order valence-electron chi connectivity index (χ3n) is 2.81. The van der Waals surface area contributed by atoms with Crippen LogP contribution in [0.3, 0.4) is 0 Å². The van der Waals surface area contributed by atoms with Crippen LogP contribution < -0.4 is 22.9 Å². The fourth-order valence-electron chi connectivity index (χ4n) is 1.44. The van der Waals surface area contributed by atoms with Gasteiger partial charge in [-0.15, -0.1) is 0 Å². The van der Waals surface area contributed by atoms with Crippen molar-refractivity contribution in [2.75, 3.05) is 6.54 Å². The molecule has 0 aliphatic heterocycles. The quantitative estimate of drug-likeness (QED) is 0.149. The van der Waals surface area contributed by atoms with E-state index in [1.807, 2.05) is 0 Å². The Balaban J connectivity index is 0. The molecule has 0 aliphatic carbocycles. The number of unbranched alkanes of at least 4 members (excludes halogenated alkanes) is 2. The van der Waals surface area contributed by atoms with Gasteiger partial charge in [-0.1, -0.05) is 12.8 Å². The van der Waals surface area contributed by atoms with E-state index in [0.717, 1.165) is 19.3 Å². The van der Waals surface area contributed by atoms with E-state index in [1.165, 1.54) is 0 Å². The molecule has 0 aliphatic rings. The number of carbonyl (C=O) groups is 2. The van der Waals surface area contributed by atoms with Gasteiger partial charge in [0.25, 0.3) is 0 Å². The van der Waals surface area contributed by atoms with Crippen molar-refractivity contribution >= 4 is 17.8 Å². The molecule has 0 radical (unpaired) electrons. The molecule has 0 rings (SSSR count). The second kappa shape index (κ2) is 14.2. The van der Waals surface area contributed by atoms with Crippen LogP contribution in [0.4, 0.5) is 0 Å². The molecule has 2 atom stereocenters. The number of carboxylic acids is 2. The van der Waals surface area contributed by atoms with Gasteiger partial charge in [0.15, 0.2) is 0 Å². The van der Waals surface area contributed by atoms with Crippen molar-refractivity contribution in [2.24, 2.45) is 22.9 Å². The summed E-state index contributed by atoms with van der Waals surface area (Å²) in [6.07, 6.45) is 4.57. The summed E-state index contributed by atoms with van der Waals surface area (Å²) in [7, 11) is 0. The van der Waals surface area contributed by atoms with Crippen molar-refractivity contribution < 1.29 is 19.8 Å². The Morgan fingerprint density at radius 1 is 0.909 bits per heavy atom. The number of nitrogens with one attached hydrogen (secondary N) is 1. The van der Waals surface area contributed by atoms with Crippen molar-refractivity contribution in [3.8, 4) is 0 Å². The highest BCUT2D eigenvalue weighted by Gasteiger charge is 2.10. The fraction of sp³-hybridized carbons (Fsp3) is 0.769. The number of aliphatic carboxylic acids is 2. The second-order valence-corrected chi connectivity index (χ2v) is 4.94. The molecule has 9 heteroatoms. The van der Waals surface area contributed by atoms with Crippen LogP contribution in [0.2, 0.25) is 0 Å². The summed E-state index contributed by atoms with van der Waals surface area (Å²) < 4.78 is 0. The average Bonchev–Trinajstić information content (AvgIpc) is 2.43. The van der Waals surface area contributed by atoms with Gasteiger partial charge < -0.3 is 33.1 Å². The predicted molar refractivity (Wildman–Crippen MR) is 84.5 cm³/mol. The van der Waals surface area contributed by atoms with E-state index in [1.54, 1.807) is 0 Å². The summed E-state index contributed by atoms with van der Waals surface area (Å²) in [5.41, 5.74) is 20.8. The Morgan fingerprint density at radius 2 is 1.32 bits per heavy atom. The third kappa shape index (κ3) is 16.3. The molecule has 9 nitrogen and oxygen atoms in total. The van der Waals surface area contributed by atoms with Crippen molar-refractivity contribution in [3.05, 3.63) is 0 Å². The molecular weight excluding hydrogens is 290 g/mol. The lowest BCUT2D eigenvalue weighted by atomic mass is 10.1. The lowest BCUT2D eigenvalue weighted by Gasteiger charge is -2.04. The van der Waals surface area contributed by atoms with E-state index in [9.17, 15) is 9.59 Å². The molecule has 0 amide bonds. The van der Waals surface area contributed by atoms with E-state index >= 15 is 0 Å². The Morgan fingerprint density at radius 3 is 1.64 bits per heavy atom. The molecule has 22 heavy (non-hydrogen) atoms. The van der Waals surface area contributed by atoms with Crippen molar-refractivity contribution in [1.82, 2.24) is 0 Å². The lowest BCUT2D eigenvalue weighted by molar-refractivity contribution is -0.139. The van der Waals surface area contributed by atoms with Gasteiger partial charge >= 0.3 is 11.9 Å². The highest BCUT2D eigenvalue weighted by Crippen LogP contribution is 2.01. The smallest absolute Gasteiger partial charge is 0.320 e. The Bertz CT molecular complexity index is 338. The zero-order valence-electron chi connectivity index (χ0n) is 12.8. The first-order chi connectivity index (χ1) is 10.2. The van der Waals surface area contributed by atoms with Crippen LogP contribution >= 0.6 is 0 Å². The number of nitrogens with two attached hydrogens (primary N) is 4. The number of carboxylic acid groups (broad SMARTS) is 2. The van der Waals surface area contributed by atoms with Crippen LogP contribution in [-0.4, -0.2) is 46.6 Å². The first kappa shape index (κ1) is 22.6. The monoisotopic (exact) mass is 319 g/mol. The maximum atomic E-state index is 10.2. The van der Waals surface area contributed by atoms with Gasteiger partial charge in [-0.3, -0.25) is 15.0 Å². The normalized spacial score (nSPS) is 12.7. The summed E-state index contributed by atoms with van der Waals surface area (Å²) in [4.78, 5) is 20.4. The van der Waals surface area contributed by atoms with Crippen molar-refractivity contribution in [2.45, 2.75) is 57.0 Å². The Labute approximate surface area is 130 Å². The Hall–Kier alpha value is -1.71. The average molecular weight is 319 g/mol. The highest BCUT2D eigenvalue weighted by atomic mass is 16.4. The molecule has 11 N–H and O–H groups in total. The summed E-state index contributed by atoms with van der Waals surface area (Å²) in [6, 6.07) is -1.50. The molecule has 0 bridgehead atoms. The van der Waals surface area contributed by atoms with E-state index in [-0.39, 0.29) is 5.84 Å².